The molecule has 0 aliphatic heterocycles. The molecular weight excluding hydrogens is 326 g/mol. The lowest BCUT2D eigenvalue weighted by molar-refractivity contribution is -0.121. The van der Waals surface area contributed by atoms with E-state index in [9.17, 15) is 4.79 Å². The van der Waals surface area contributed by atoms with Crippen molar-refractivity contribution < 1.29 is 9.53 Å². The van der Waals surface area contributed by atoms with Gasteiger partial charge in [0.15, 0.2) is 5.82 Å². The van der Waals surface area contributed by atoms with E-state index in [1.807, 2.05) is 13.0 Å². The molecule has 0 radical (unpaired) electrons. The van der Waals surface area contributed by atoms with Gasteiger partial charge in [-0.3, -0.25) is 4.79 Å². The Hall–Kier alpha value is -2.14. The van der Waals surface area contributed by atoms with E-state index in [1.165, 1.54) is 0 Å². The van der Waals surface area contributed by atoms with E-state index in [0.29, 0.717) is 28.1 Å². The third kappa shape index (κ3) is 3.85. The van der Waals surface area contributed by atoms with Crippen molar-refractivity contribution >= 4 is 17.5 Å². The van der Waals surface area contributed by atoms with Crippen LogP contribution in [0.4, 0.5) is 0 Å². The smallest absolute Gasteiger partial charge is 0.225 e. The molecule has 1 saturated carbocycles. The standard InChI is InChI=1S/C18H20ClN3O2/c1-11-8-9-20-18(21-11)17(12-6-7-12)22-16(23)10-13-14(19)4-3-5-15(13)24-2/h3-5,8-9,12,17H,6-7,10H2,1-2H3,(H,22,23)/t17-/m0/s1. The maximum atomic E-state index is 12.6. The summed E-state index contributed by atoms with van der Waals surface area (Å²) in [4.78, 5) is 21.4. The number of nitrogens with zero attached hydrogens (tertiary/aromatic N) is 2. The van der Waals surface area contributed by atoms with Crippen LogP contribution < -0.4 is 10.1 Å². The van der Waals surface area contributed by atoms with Gasteiger partial charge >= 0.3 is 0 Å². The van der Waals surface area contributed by atoms with E-state index in [-0.39, 0.29) is 18.4 Å². The molecule has 1 N–H and O–H groups in total. The molecule has 0 saturated heterocycles. The SMILES string of the molecule is COc1cccc(Cl)c1CC(=O)N[C@H](c1nccc(C)n1)C1CC1. The van der Waals surface area contributed by atoms with Crippen molar-refractivity contribution in [2.75, 3.05) is 7.11 Å². The van der Waals surface area contributed by atoms with Crippen molar-refractivity contribution in [1.82, 2.24) is 15.3 Å². The van der Waals surface area contributed by atoms with Gasteiger partial charge in [-0.25, -0.2) is 9.97 Å². The number of nitrogens with one attached hydrogen (secondary N) is 1. The minimum Gasteiger partial charge on any atom is -0.496 e. The number of halogens is 1. The topological polar surface area (TPSA) is 64.1 Å². The molecule has 1 heterocycles. The van der Waals surface area contributed by atoms with Crippen LogP contribution >= 0.6 is 11.6 Å². The molecule has 1 fully saturated rings. The first kappa shape index (κ1) is 16.7. The zero-order valence-corrected chi connectivity index (χ0v) is 14.5. The van der Waals surface area contributed by atoms with Gasteiger partial charge in [-0.2, -0.15) is 0 Å². The second-order valence-electron chi connectivity index (χ2n) is 6.04. The maximum Gasteiger partial charge on any atom is 0.225 e. The Bertz CT molecular complexity index is 747. The van der Waals surface area contributed by atoms with Crippen LogP contribution in [0.15, 0.2) is 30.5 Å². The molecule has 0 unspecified atom stereocenters. The van der Waals surface area contributed by atoms with Crippen LogP contribution in [0.1, 0.15) is 36.0 Å². The van der Waals surface area contributed by atoms with Gasteiger partial charge in [0.05, 0.1) is 19.6 Å². The lowest BCUT2D eigenvalue weighted by Gasteiger charge is -2.18. The zero-order valence-electron chi connectivity index (χ0n) is 13.8. The minimum atomic E-state index is -0.147. The van der Waals surface area contributed by atoms with Crippen molar-refractivity contribution in [3.05, 3.63) is 52.6 Å². The first-order valence-electron chi connectivity index (χ1n) is 7.98. The van der Waals surface area contributed by atoms with Gasteiger partial charge in [0, 0.05) is 22.5 Å². The van der Waals surface area contributed by atoms with E-state index in [0.717, 1.165) is 18.5 Å². The molecule has 126 valence electrons. The number of rotatable bonds is 6. The highest BCUT2D eigenvalue weighted by molar-refractivity contribution is 6.31. The molecule has 1 amide bonds. The van der Waals surface area contributed by atoms with Gasteiger partial charge in [0.1, 0.15) is 5.75 Å². The van der Waals surface area contributed by atoms with Crippen LogP contribution in [0.25, 0.3) is 0 Å². The van der Waals surface area contributed by atoms with E-state index in [2.05, 4.69) is 15.3 Å². The van der Waals surface area contributed by atoms with Crippen molar-refractivity contribution in [2.45, 2.75) is 32.2 Å². The predicted octanol–water partition coefficient (Wildman–Crippen LogP) is 3.26. The van der Waals surface area contributed by atoms with Crippen LogP contribution in [0.3, 0.4) is 0 Å². The number of hydrogen-bond acceptors (Lipinski definition) is 4. The quantitative estimate of drug-likeness (QED) is 0.872. The average Bonchev–Trinajstić information content (AvgIpc) is 3.39. The van der Waals surface area contributed by atoms with Gasteiger partial charge in [-0.1, -0.05) is 17.7 Å². The lowest BCUT2D eigenvalue weighted by Crippen LogP contribution is -2.32. The van der Waals surface area contributed by atoms with E-state index >= 15 is 0 Å². The highest BCUT2D eigenvalue weighted by Gasteiger charge is 2.35. The highest BCUT2D eigenvalue weighted by Crippen LogP contribution is 2.40. The number of hydrogen-bond donors (Lipinski definition) is 1. The molecule has 24 heavy (non-hydrogen) atoms. The van der Waals surface area contributed by atoms with Gasteiger partial charge in [0.2, 0.25) is 5.91 Å². The molecule has 0 bridgehead atoms. The Balaban J connectivity index is 1.76. The number of amides is 1. The molecule has 1 aliphatic rings. The summed E-state index contributed by atoms with van der Waals surface area (Å²) in [6, 6.07) is 7.07. The van der Waals surface area contributed by atoms with Crippen molar-refractivity contribution in [1.29, 1.82) is 0 Å². The van der Waals surface area contributed by atoms with Crippen LogP contribution in [0.5, 0.6) is 5.75 Å². The summed E-state index contributed by atoms with van der Waals surface area (Å²) in [5.74, 6) is 1.59. The summed E-state index contributed by atoms with van der Waals surface area (Å²) < 4.78 is 5.30. The summed E-state index contributed by atoms with van der Waals surface area (Å²) >= 11 is 6.22. The van der Waals surface area contributed by atoms with Crippen LogP contribution in [-0.4, -0.2) is 23.0 Å². The molecular formula is C18H20ClN3O2. The normalized spacial score (nSPS) is 15.0. The van der Waals surface area contributed by atoms with E-state index in [4.69, 9.17) is 16.3 Å². The third-order valence-corrected chi connectivity index (χ3v) is 4.49. The van der Waals surface area contributed by atoms with Crippen molar-refractivity contribution in [3.8, 4) is 5.75 Å². The number of methoxy groups -OCH3 is 1. The van der Waals surface area contributed by atoms with Gasteiger partial charge in [-0.05, 0) is 43.9 Å². The molecule has 3 rings (SSSR count). The number of aromatic nitrogens is 2. The molecule has 5 nitrogen and oxygen atoms in total. The first-order chi connectivity index (χ1) is 11.6. The maximum absolute atomic E-state index is 12.6. The molecule has 2 aromatic rings. The van der Waals surface area contributed by atoms with Crippen molar-refractivity contribution in [3.63, 3.8) is 0 Å². The van der Waals surface area contributed by atoms with Gasteiger partial charge in [-0.15, -0.1) is 0 Å². The number of carbonyl (C=O) groups is 1. The average molecular weight is 346 g/mol. The van der Waals surface area contributed by atoms with Crippen LogP contribution in [0.2, 0.25) is 5.02 Å². The number of carbonyl (C=O) groups excluding carboxylic acids is 1. The Labute approximate surface area is 146 Å². The predicted molar refractivity (Wildman–Crippen MR) is 92.1 cm³/mol. The van der Waals surface area contributed by atoms with Gasteiger partial charge in [0.25, 0.3) is 0 Å². The first-order valence-corrected chi connectivity index (χ1v) is 8.36. The molecule has 6 heteroatoms. The van der Waals surface area contributed by atoms with Crippen LogP contribution in [0, 0.1) is 12.8 Å². The number of aryl methyl sites for hydroxylation is 1. The summed E-state index contributed by atoms with van der Waals surface area (Å²) in [6.45, 7) is 1.92. The van der Waals surface area contributed by atoms with E-state index < -0.39 is 0 Å². The summed E-state index contributed by atoms with van der Waals surface area (Å²) in [5.41, 5.74) is 1.59. The zero-order chi connectivity index (χ0) is 17.1. The van der Waals surface area contributed by atoms with Crippen LogP contribution in [-0.2, 0) is 11.2 Å². The Morgan fingerprint density at radius 2 is 2.21 bits per heavy atom. The summed E-state index contributed by atoms with van der Waals surface area (Å²) in [6.07, 6.45) is 4.06. The molecule has 1 aliphatic carbocycles. The Morgan fingerprint density at radius 3 is 2.88 bits per heavy atom. The second-order valence-corrected chi connectivity index (χ2v) is 6.44. The fraction of sp³-hybridized carbons (Fsp3) is 0.389. The van der Waals surface area contributed by atoms with Gasteiger partial charge < -0.3 is 10.1 Å². The minimum absolute atomic E-state index is 0.108. The fourth-order valence-electron chi connectivity index (χ4n) is 2.73. The second kappa shape index (κ2) is 7.18. The van der Waals surface area contributed by atoms with Crippen molar-refractivity contribution in [2.24, 2.45) is 5.92 Å². The summed E-state index contributed by atoms with van der Waals surface area (Å²) in [5, 5.41) is 3.60. The Morgan fingerprint density at radius 1 is 1.42 bits per heavy atom. The van der Waals surface area contributed by atoms with E-state index in [1.54, 1.807) is 31.5 Å². The molecule has 1 aromatic heterocycles. The lowest BCUT2D eigenvalue weighted by atomic mass is 10.1. The fourth-order valence-corrected chi connectivity index (χ4v) is 2.96. The molecule has 0 spiro atoms. The molecule has 1 atom stereocenters. The largest absolute Gasteiger partial charge is 0.496 e. The Kier molecular flexibility index (Phi) is 5.00. The molecule has 1 aromatic carbocycles. The highest BCUT2D eigenvalue weighted by atomic mass is 35.5. The number of benzene rings is 1. The third-order valence-electron chi connectivity index (χ3n) is 4.13. The monoisotopic (exact) mass is 345 g/mol. The summed E-state index contributed by atoms with van der Waals surface area (Å²) in [7, 11) is 1.57. The number of ether oxygens (including phenoxy) is 1.